The third kappa shape index (κ3) is 1.16. The molecule has 3 nitrogen and oxygen atoms in total. The van der Waals surface area contributed by atoms with E-state index in [2.05, 4.69) is 9.68 Å². The van der Waals surface area contributed by atoms with Crippen molar-refractivity contribution in [1.82, 2.24) is 5.16 Å². The van der Waals surface area contributed by atoms with Crippen molar-refractivity contribution < 1.29 is 9.32 Å². The van der Waals surface area contributed by atoms with E-state index in [1.165, 1.54) is 6.26 Å². The average molecular weight is 125 g/mol. The van der Waals surface area contributed by atoms with E-state index < -0.39 is 0 Å². The molecule has 0 saturated carbocycles. The van der Waals surface area contributed by atoms with E-state index in [-0.39, 0.29) is 5.92 Å². The fourth-order valence-electron chi connectivity index (χ4n) is 0.516. The highest BCUT2D eigenvalue weighted by Gasteiger charge is 2.03. The van der Waals surface area contributed by atoms with Crippen LogP contribution in [0, 0.1) is 0 Å². The molecule has 3 heteroatoms. The quantitative estimate of drug-likeness (QED) is 0.553. The van der Waals surface area contributed by atoms with Gasteiger partial charge in [-0.25, -0.2) is 0 Å². The van der Waals surface area contributed by atoms with Crippen LogP contribution in [0.4, 0.5) is 0 Å². The second kappa shape index (κ2) is 2.44. The summed E-state index contributed by atoms with van der Waals surface area (Å²) in [4.78, 5) is 10.1. The molecule has 1 atom stereocenters. The summed E-state index contributed by atoms with van der Waals surface area (Å²) in [6.45, 7) is 1.79. The molecule has 1 heterocycles. The first-order valence-electron chi connectivity index (χ1n) is 2.69. The monoisotopic (exact) mass is 125 g/mol. The highest BCUT2D eigenvalue weighted by Crippen LogP contribution is 2.09. The lowest BCUT2D eigenvalue weighted by Gasteiger charge is -1.92. The van der Waals surface area contributed by atoms with Gasteiger partial charge in [0.1, 0.15) is 12.5 Å². The minimum atomic E-state index is -0.101. The van der Waals surface area contributed by atoms with Crippen LogP contribution in [0.2, 0.25) is 0 Å². The van der Waals surface area contributed by atoms with Crippen LogP contribution in [0.3, 0.4) is 0 Å². The molecular weight excluding hydrogens is 118 g/mol. The molecule has 0 aromatic carbocycles. The van der Waals surface area contributed by atoms with Gasteiger partial charge in [0.05, 0.1) is 6.20 Å². The molecule has 0 saturated heterocycles. The Balaban J connectivity index is 2.76. The number of carbonyl (C=O) groups is 1. The maximum absolute atomic E-state index is 10.1. The second-order valence-corrected chi connectivity index (χ2v) is 1.88. The van der Waals surface area contributed by atoms with Gasteiger partial charge in [0.25, 0.3) is 0 Å². The van der Waals surface area contributed by atoms with Gasteiger partial charge >= 0.3 is 0 Å². The SMILES string of the molecule is CC(C=O)c1cnoc1. The molecule has 0 fully saturated rings. The summed E-state index contributed by atoms with van der Waals surface area (Å²) in [6.07, 6.45) is 3.87. The first kappa shape index (κ1) is 6.01. The first-order valence-corrected chi connectivity index (χ1v) is 2.69. The lowest BCUT2D eigenvalue weighted by Crippen LogP contribution is -1.90. The van der Waals surface area contributed by atoms with E-state index in [9.17, 15) is 4.79 Å². The van der Waals surface area contributed by atoms with Crippen LogP contribution in [0.25, 0.3) is 0 Å². The van der Waals surface area contributed by atoms with Gasteiger partial charge in [-0.2, -0.15) is 0 Å². The van der Waals surface area contributed by atoms with Gasteiger partial charge in [-0.1, -0.05) is 12.1 Å². The van der Waals surface area contributed by atoms with E-state index in [0.717, 1.165) is 11.8 Å². The summed E-state index contributed by atoms with van der Waals surface area (Å²) < 4.78 is 4.53. The number of nitrogens with zero attached hydrogens (tertiary/aromatic N) is 1. The Morgan fingerprint density at radius 1 is 1.89 bits per heavy atom. The van der Waals surface area contributed by atoms with Gasteiger partial charge in [0.15, 0.2) is 0 Å². The minimum absolute atomic E-state index is 0.101. The van der Waals surface area contributed by atoms with Crippen LogP contribution < -0.4 is 0 Å². The summed E-state index contributed by atoms with van der Waals surface area (Å²) in [7, 11) is 0. The molecule has 0 N–H and O–H groups in total. The Labute approximate surface area is 52.7 Å². The topological polar surface area (TPSA) is 43.1 Å². The van der Waals surface area contributed by atoms with Crippen molar-refractivity contribution in [2.24, 2.45) is 0 Å². The molecular formula is C6H7NO2. The highest BCUT2D eigenvalue weighted by atomic mass is 16.5. The predicted molar refractivity (Wildman–Crippen MR) is 31.0 cm³/mol. The third-order valence-corrected chi connectivity index (χ3v) is 1.18. The van der Waals surface area contributed by atoms with Crippen LogP contribution in [-0.2, 0) is 4.79 Å². The largest absolute Gasteiger partial charge is 0.364 e. The fourth-order valence-corrected chi connectivity index (χ4v) is 0.516. The van der Waals surface area contributed by atoms with Crippen molar-refractivity contribution in [2.45, 2.75) is 12.8 Å². The fraction of sp³-hybridized carbons (Fsp3) is 0.333. The second-order valence-electron chi connectivity index (χ2n) is 1.88. The molecule has 0 radical (unpaired) electrons. The van der Waals surface area contributed by atoms with Crippen molar-refractivity contribution in [3.8, 4) is 0 Å². The van der Waals surface area contributed by atoms with Gasteiger partial charge in [0, 0.05) is 11.5 Å². The van der Waals surface area contributed by atoms with Crippen molar-refractivity contribution in [2.75, 3.05) is 0 Å². The molecule has 1 unspecified atom stereocenters. The molecule has 1 aromatic rings. The van der Waals surface area contributed by atoms with Gasteiger partial charge in [-0.15, -0.1) is 0 Å². The molecule has 0 bridgehead atoms. The number of rotatable bonds is 2. The van der Waals surface area contributed by atoms with Crippen molar-refractivity contribution >= 4 is 6.29 Å². The third-order valence-electron chi connectivity index (χ3n) is 1.18. The number of hydrogen-bond donors (Lipinski definition) is 0. The molecule has 1 aromatic heterocycles. The lowest BCUT2D eigenvalue weighted by atomic mass is 10.1. The zero-order chi connectivity index (χ0) is 6.69. The molecule has 0 amide bonds. The van der Waals surface area contributed by atoms with Crippen molar-refractivity contribution in [1.29, 1.82) is 0 Å². The van der Waals surface area contributed by atoms with Crippen LogP contribution in [0.15, 0.2) is 17.0 Å². The Kier molecular flexibility index (Phi) is 1.63. The average Bonchev–Trinajstić information content (AvgIpc) is 2.37. The van der Waals surface area contributed by atoms with E-state index in [4.69, 9.17) is 0 Å². The van der Waals surface area contributed by atoms with E-state index >= 15 is 0 Å². The van der Waals surface area contributed by atoms with E-state index in [1.807, 2.05) is 0 Å². The first-order chi connectivity index (χ1) is 4.34. The van der Waals surface area contributed by atoms with Gasteiger partial charge in [-0.05, 0) is 0 Å². The number of hydrogen-bond acceptors (Lipinski definition) is 3. The number of aromatic nitrogens is 1. The van der Waals surface area contributed by atoms with E-state index in [0.29, 0.717) is 0 Å². The molecule has 48 valence electrons. The van der Waals surface area contributed by atoms with Crippen LogP contribution in [-0.4, -0.2) is 11.4 Å². The van der Waals surface area contributed by atoms with Crippen molar-refractivity contribution in [3.63, 3.8) is 0 Å². The van der Waals surface area contributed by atoms with E-state index in [1.54, 1.807) is 13.1 Å². The summed E-state index contributed by atoms with van der Waals surface area (Å²) in [5.41, 5.74) is 0.824. The zero-order valence-corrected chi connectivity index (χ0v) is 5.07. The summed E-state index contributed by atoms with van der Waals surface area (Å²) in [5, 5.41) is 3.46. The highest BCUT2D eigenvalue weighted by molar-refractivity contribution is 5.60. The maximum Gasteiger partial charge on any atom is 0.127 e. The van der Waals surface area contributed by atoms with Gasteiger partial charge < -0.3 is 9.32 Å². The Bertz CT molecular complexity index is 181. The summed E-state index contributed by atoms with van der Waals surface area (Å²) >= 11 is 0. The maximum atomic E-state index is 10.1. The smallest absolute Gasteiger partial charge is 0.127 e. The van der Waals surface area contributed by atoms with Gasteiger partial charge in [-0.3, -0.25) is 0 Å². The van der Waals surface area contributed by atoms with Crippen molar-refractivity contribution in [3.05, 3.63) is 18.0 Å². The van der Waals surface area contributed by atoms with Crippen LogP contribution in [0.5, 0.6) is 0 Å². The molecule has 0 aliphatic rings. The molecule has 0 spiro atoms. The lowest BCUT2D eigenvalue weighted by molar-refractivity contribution is -0.108. The predicted octanol–water partition coefficient (Wildman–Crippen LogP) is 0.977. The molecule has 1 rings (SSSR count). The molecule has 0 aliphatic heterocycles. The Morgan fingerprint density at radius 2 is 2.67 bits per heavy atom. The van der Waals surface area contributed by atoms with Crippen LogP contribution in [0.1, 0.15) is 18.4 Å². The summed E-state index contributed by atoms with van der Waals surface area (Å²) in [5.74, 6) is -0.101. The standard InChI is InChI=1S/C6H7NO2/c1-5(3-8)6-2-7-9-4-6/h2-5H,1H3. The zero-order valence-electron chi connectivity index (χ0n) is 5.07. The molecule has 0 aliphatic carbocycles. The molecule has 9 heavy (non-hydrogen) atoms. The number of aldehydes is 1. The summed E-state index contributed by atoms with van der Waals surface area (Å²) in [6, 6.07) is 0. The minimum Gasteiger partial charge on any atom is -0.364 e. The van der Waals surface area contributed by atoms with Gasteiger partial charge in [0.2, 0.25) is 0 Å². The Morgan fingerprint density at radius 3 is 3.11 bits per heavy atom. The normalized spacial score (nSPS) is 13.0. The Hall–Kier alpha value is -1.12. The van der Waals surface area contributed by atoms with Crippen LogP contribution >= 0.6 is 0 Å². The number of carbonyl (C=O) groups excluding carboxylic acids is 1.